The Bertz CT molecular complexity index is 568. The molecule has 23 heavy (non-hydrogen) atoms. The third-order valence-corrected chi connectivity index (χ3v) is 4.94. The molecule has 1 aliphatic carbocycles. The fourth-order valence-electron chi connectivity index (χ4n) is 3.10. The molecule has 1 heterocycles. The maximum atomic E-state index is 13.0. The molecule has 1 saturated heterocycles. The van der Waals surface area contributed by atoms with Gasteiger partial charge in [0.2, 0.25) is 5.91 Å². The van der Waals surface area contributed by atoms with Crippen molar-refractivity contribution in [3.05, 3.63) is 47.3 Å². The van der Waals surface area contributed by atoms with Crippen LogP contribution in [0, 0.1) is 11.7 Å². The van der Waals surface area contributed by atoms with Gasteiger partial charge in [-0.2, -0.15) is 0 Å². The van der Waals surface area contributed by atoms with Crippen molar-refractivity contribution in [1.82, 2.24) is 10.2 Å². The van der Waals surface area contributed by atoms with Crippen LogP contribution in [0.2, 0.25) is 0 Å². The summed E-state index contributed by atoms with van der Waals surface area (Å²) in [6, 6.07) is 7.03. The topological polar surface area (TPSA) is 32.3 Å². The number of nitrogens with one attached hydrogen (secondary N) is 1. The number of likely N-dealkylation sites (tertiary alicyclic amines) is 1. The van der Waals surface area contributed by atoms with E-state index in [2.05, 4.69) is 17.1 Å². The number of halogens is 1. The van der Waals surface area contributed by atoms with Gasteiger partial charge in [-0.15, -0.1) is 0 Å². The first kappa shape index (κ1) is 16.2. The molecule has 1 saturated carbocycles. The summed E-state index contributed by atoms with van der Waals surface area (Å²) < 4.78 is 13.0. The molecule has 2 aliphatic rings. The van der Waals surface area contributed by atoms with Gasteiger partial charge >= 0.3 is 0 Å². The highest BCUT2D eigenvalue weighted by Crippen LogP contribution is 2.28. The van der Waals surface area contributed by atoms with Crippen LogP contribution in [-0.2, 0) is 4.79 Å². The SMILES string of the molecule is CC(c1ccc(F)cc1)N1CCC(=CC(=O)NCC2CC2)CC1. The van der Waals surface area contributed by atoms with Crippen LogP contribution in [0.4, 0.5) is 4.39 Å². The van der Waals surface area contributed by atoms with Crippen molar-refractivity contribution in [3.63, 3.8) is 0 Å². The van der Waals surface area contributed by atoms with Crippen LogP contribution >= 0.6 is 0 Å². The minimum Gasteiger partial charge on any atom is -0.352 e. The number of hydrogen-bond acceptors (Lipinski definition) is 2. The number of hydrogen-bond donors (Lipinski definition) is 1. The molecular weight excluding hydrogens is 291 g/mol. The van der Waals surface area contributed by atoms with Crippen molar-refractivity contribution in [2.45, 2.75) is 38.6 Å². The molecule has 3 nitrogen and oxygen atoms in total. The molecule has 1 atom stereocenters. The van der Waals surface area contributed by atoms with E-state index in [9.17, 15) is 9.18 Å². The lowest BCUT2D eigenvalue weighted by molar-refractivity contribution is -0.116. The van der Waals surface area contributed by atoms with Gasteiger partial charge in [0.25, 0.3) is 0 Å². The summed E-state index contributed by atoms with van der Waals surface area (Å²) in [6.45, 7) is 4.88. The van der Waals surface area contributed by atoms with E-state index in [1.807, 2.05) is 12.1 Å². The predicted molar refractivity (Wildman–Crippen MR) is 89.4 cm³/mol. The zero-order chi connectivity index (χ0) is 16.2. The molecule has 0 bridgehead atoms. The molecule has 1 aliphatic heterocycles. The van der Waals surface area contributed by atoms with E-state index in [-0.39, 0.29) is 17.8 Å². The van der Waals surface area contributed by atoms with E-state index in [1.165, 1.54) is 30.5 Å². The summed E-state index contributed by atoms with van der Waals surface area (Å²) in [5.74, 6) is 0.588. The normalized spacial score (nSPS) is 20.2. The molecular formula is C19H25FN2O. The second-order valence-electron chi connectivity index (χ2n) is 6.75. The van der Waals surface area contributed by atoms with E-state index in [4.69, 9.17) is 0 Å². The van der Waals surface area contributed by atoms with Crippen LogP contribution < -0.4 is 5.32 Å². The summed E-state index contributed by atoms with van der Waals surface area (Å²) in [5, 5.41) is 2.99. The monoisotopic (exact) mass is 316 g/mol. The second-order valence-corrected chi connectivity index (χ2v) is 6.75. The number of rotatable bonds is 5. The Morgan fingerprint density at radius 1 is 1.30 bits per heavy atom. The molecule has 1 aromatic rings. The van der Waals surface area contributed by atoms with Crippen LogP contribution in [0.25, 0.3) is 0 Å². The van der Waals surface area contributed by atoms with Gasteiger partial charge < -0.3 is 5.32 Å². The number of carbonyl (C=O) groups excluding carboxylic acids is 1. The first-order valence-electron chi connectivity index (χ1n) is 8.58. The van der Waals surface area contributed by atoms with Crippen molar-refractivity contribution in [3.8, 4) is 0 Å². The molecule has 124 valence electrons. The van der Waals surface area contributed by atoms with E-state index >= 15 is 0 Å². The molecule has 0 aromatic heterocycles. The van der Waals surface area contributed by atoms with E-state index in [0.29, 0.717) is 0 Å². The first-order valence-corrected chi connectivity index (χ1v) is 8.58. The van der Waals surface area contributed by atoms with Gasteiger partial charge in [0.15, 0.2) is 0 Å². The minimum absolute atomic E-state index is 0.0620. The molecule has 1 aromatic carbocycles. The van der Waals surface area contributed by atoms with Gasteiger partial charge in [0, 0.05) is 31.8 Å². The fraction of sp³-hybridized carbons (Fsp3) is 0.526. The summed E-state index contributed by atoms with van der Waals surface area (Å²) in [4.78, 5) is 14.3. The third kappa shape index (κ3) is 4.64. The van der Waals surface area contributed by atoms with Crippen molar-refractivity contribution in [2.24, 2.45) is 5.92 Å². The summed E-state index contributed by atoms with van der Waals surface area (Å²) in [6.07, 6.45) is 6.17. The quantitative estimate of drug-likeness (QED) is 0.844. The van der Waals surface area contributed by atoms with Crippen LogP contribution in [0.3, 0.4) is 0 Å². The van der Waals surface area contributed by atoms with Crippen molar-refractivity contribution in [2.75, 3.05) is 19.6 Å². The number of carbonyl (C=O) groups is 1. The van der Waals surface area contributed by atoms with Gasteiger partial charge in [-0.3, -0.25) is 9.69 Å². The first-order chi connectivity index (χ1) is 11.1. The molecule has 1 amide bonds. The van der Waals surface area contributed by atoms with Crippen LogP contribution in [0.15, 0.2) is 35.9 Å². The maximum Gasteiger partial charge on any atom is 0.243 e. The summed E-state index contributed by atoms with van der Waals surface area (Å²) in [5.41, 5.74) is 2.38. The molecule has 0 radical (unpaired) electrons. The molecule has 4 heteroatoms. The van der Waals surface area contributed by atoms with Crippen molar-refractivity contribution < 1.29 is 9.18 Å². The largest absolute Gasteiger partial charge is 0.352 e. The Balaban J connectivity index is 1.49. The van der Waals surface area contributed by atoms with E-state index in [0.717, 1.165) is 44.0 Å². The molecule has 1 unspecified atom stereocenters. The number of amides is 1. The average Bonchev–Trinajstić information content (AvgIpc) is 3.38. The number of nitrogens with zero attached hydrogens (tertiary/aromatic N) is 1. The van der Waals surface area contributed by atoms with Crippen LogP contribution in [0.1, 0.15) is 44.2 Å². The van der Waals surface area contributed by atoms with Crippen molar-refractivity contribution in [1.29, 1.82) is 0 Å². The summed E-state index contributed by atoms with van der Waals surface area (Å²) >= 11 is 0. The van der Waals surface area contributed by atoms with Gasteiger partial charge in [-0.05, 0) is 56.2 Å². The van der Waals surface area contributed by atoms with E-state index < -0.39 is 0 Å². The number of benzene rings is 1. The fourth-order valence-corrected chi connectivity index (χ4v) is 3.10. The highest BCUT2D eigenvalue weighted by molar-refractivity contribution is 5.88. The van der Waals surface area contributed by atoms with Gasteiger partial charge in [-0.1, -0.05) is 17.7 Å². The minimum atomic E-state index is -0.193. The van der Waals surface area contributed by atoms with Gasteiger partial charge in [-0.25, -0.2) is 4.39 Å². The molecule has 2 fully saturated rings. The smallest absolute Gasteiger partial charge is 0.243 e. The van der Waals surface area contributed by atoms with Gasteiger partial charge in [0.1, 0.15) is 5.82 Å². The lowest BCUT2D eigenvalue weighted by Crippen LogP contribution is -2.33. The average molecular weight is 316 g/mol. The maximum absolute atomic E-state index is 13.0. The number of piperidine rings is 1. The van der Waals surface area contributed by atoms with Crippen molar-refractivity contribution >= 4 is 5.91 Å². The highest BCUT2D eigenvalue weighted by atomic mass is 19.1. The van der Waals surface area contributed by atoms with Crippen LogP contribution in [-0.4, -0.2) is 30.4 Å². The molecule has 0 spiro atoms. The third-order valence-electron chi connectivity index (χ3n) is 4.94. The Morgan fingerprint density at radius 3 is 2.57 bits per heavy atom. The van der Waals surface area contributed by atoms with Crippen LogP contribution in [0.5, 0.6) is 0 Å². The Kier molecular flexibility index (Phi) is 5.11. The van der Waals surface area contributed by atoms with Gasteiger partial charge in [0.05, 0.1) is 0 Å². The van der Waals surface area contributed by atoms with E-state index in [1.54, 1.807) is 6.08 Å². The lowest BCUT2D eigenvalue weighted by atomic mass is 9.99. The highest BCUT2D eigenvalue weighted by Gasteiger charge is 2.22. The zero-order valence-electron chi connectivity index (χ0n) is 13.7. The molecule has 1 N–H and O–H groups in total. The zero-order valence-corrected chi connectivity index (χ0v) is 13.7. The lowest BCUT2D eigenvalue weighted by Gasteiger charge is -2.33. The predicted octanol–water partition coefficient (Wildman–Crippen LogP) is 3.44. The summed E-state index contributed by atoms with van der Waals surface area (Å²) in [7, 11) is 0. The second kappa shape index (κ2) is 7.26. The Hall–Kier alpha value is -1.68. The Labute approximate surface area is 137 Å². The Morgan fingerprint density at radius 2 is 1.96 bits per heavy atom. The standard InChI is InChI=1S/C19H25FN2O/c1-14(17-4-6-18(20)7-5-17)22-10-8-15(9-11-22)12-19(23)21-13-16-2-3-16/h4-7,12,14,16H,2-3,8-11,13H2,1H3,(H,21,23). The molecule has 3 rings (SSSR count).